The molecule has 0 bridgehead atoms. The van der Waals surface area contributed by atoms with Crippen LogP contribution >= 0.6 is 0 Å². The molecule has 4 amide bonds. The van der Waals surface area contributed by atoms with E-state index < -0.39 is 29.7 Å². The molecule has 2 atom stereocenters. The number of aromatic nitrogens is 3. The minimum Gasteiger partial charge on any atom is -0.379 e. The summed E-state index contributed by atoms with van der Waals surface area (Å²) in [5.41, 5.74) is 1.90. The molecule has 3 N–H and O–H groups in total. The largest absolute Gasteiger partial charge is 0.379 e. The number of nitrogens with one attached hydrogen (secondary N) is 3. The maximum atomic E-state index is 12.9. The second kappa shape index (κ2) is 8.15. The van der Waals surface area contributed by atoms with Gasteiger partial charge in [-0.2, -0.15) is 0 Å². The molecule has 0 spiro atoms. The highest BCUT2D eigenvalue weighted by Gasteiger charge is 2.44. The van der Waals surface area contributed by atoms with Crippen molar-refractivity contribution >= 4 is 29.3 Å². The minimum absolute atomic E-state index is 0.0914. The summed E-state index contributed by atoms with van der Waals surface area (Å²) < 4.78 is 1.82. The molecule has 11 nitrogen and oxygen atoms in total. The number of fused-ring (bicyclic) bond motifs is 1. The third-order valence-electron chi connectivity index (χ3n) is 6.07. The molecule has 166 valence electrons. The van der Waals surface area contributed by atoms with Gasteiger partial charge in [0.25, 0.3) is 11.8 Å². The Bertz CT molecular complexity index is 1110. The molecule has 3 aliphatic heterocycles. The van der Waals surface area contributed by atoms with Gasteiger partial charge in [0.2, 0.25) is 11.8 Å². The van der Waals surface area contributed by atoms with E-state index in [9.17, 15) is 19.2 Å². The number of nitrogens with zero attached hydrogens (tertiary/aromatic N) is 4. The second-order valence-corrected chi connectivity index (χ2v) is 8.29. The molecule has 32 heavy (non-hydrogen) atoms. The van der Waals surface area contributed by atoms with Crippen LogP contribution in [0.5, 0.6) is 0 Å². The summed E-state index contributed by atoms with van der Waals surface area (Å²) >= 11 is 0. The van der Waals surface area contributed by atoms with Crippen LogP contribution in [0.1, 0.15) is 52.1 Å². The van der Waals surface area contributed by atoms with Gasteiger partial charge in [0.1, 0.15) is 11.7 Å². The molecule has 1 aromatic carbocycles. The Balaban J connectivity index is 1.25. The lowest BCUT2D eigenvalue weighted by molar-refractivity contribution is -0.136. The lowest BCUT2D eigenvalue weighted by Crippen LogP contribution is -2.54. The Morgan fingerprint density at radius 1 is 1.09 bits per heavy atom. The second-order valence-electron chi connectivity index (χ2n) is 8.29. The third kappa shape index (κ3) is 3.75. The Hall–Kier alpha value is -3.60. The molecular formula is C21H23N7O4. The maximum absolute atomic E-state index is 12.9. The summed E-state index contributed by atoms with van der Waals surface area (Å²) in [6, 6.07) is 4.34. The summed E-state index contributed by atoms with van der Waals surface area (Å²) in [6.45, 7) is 2.23. The van der Waals surface area contributed by atoms with Gasteiger partial charge in [-0.25, -0.2) is 0 Å². The standard InChI is InChI=1S/C21H23N7O4/c29-18-6-5-17(19(30)24-18)28-20(31)15-4-3-12(8-16(15)21(28)32)23-9-14-11-27(26-25-14)10-13-2-1-7-22-13/h3-4,8,11,13,17,22-23H,1-2,5-7,9-10H2,(H,24,29,30)/t13-,17?/m0/s1. The van der Waals surface area contributed by atoms with Crippen LogP contribution in [-0.2, 0) is 22.7 Å². The van der Waals surface area contributed by atoms with Gasteiger partial charge in [0.15, 0.2) is 0 Å². The first-order valence-electron chi connectivity index (χ1n) is 10.7. The van der Waals surface area contributed by atoms with Gasteiger partial charge in [-0.15, -0.1) is 5.10 Å². The molecule has 2 aromatic rings. The molecule has 1 unspecified atom stereocenters. The Morgan fingerprint density at radius 2 is 1.94 bits per heavy atom. The fourth-order valence-corrected chi connectivity index (χ4v) is 4.42. The highest BCUT2D eigenvalue weighted by Crippen LogP contribution is 2.29. The Morgan fingerprint density at radius 3 is 2.72 bits per heavy atom. The van der Waals surface area contributed by atoms with Gasteiger partial charge in [-0.1, -0.05) is 5.21 Å². The Kier molecular flexibility index (Phi) is 5.17. The highest BCUT2D eigenvalue weighted by molar-refractivity contribution is 6.23. The minimum atomic E-state index is -0.971. The van der Waals surface area contributed by atoms with E-state index in [-0.39, 0.29) is 24.0 Å². The number of carbonyl (C=O) groups excluding carboxylic acids is 4. The van der Waals surface area contributed by atoms with E-state index in [1.54, 1.807) is 18.2 Å². The van der Waals surface area contributed by atoms with Gasteiger partial charge in [-0.05, 0) is 44.0 Å². The SMILES string of the molecule is O=C1CCC(N2C(=O)c3ccc(NCc4cn(C[C@@H]5CCCN5)nn4)cc3C2=O)C(=O)N1. The van der Waals surface area contributed by atoms with E-state index in [1.165, 1.54) is 6.42 Å². The van der Waals surface area contributed by atoms with Crippen LogP contribution in [0.25, 0.3) is 0 Å². The van der Waals surface area contributed by atoms with Crippen molar-refractivity contribution < 1.29 is 19.2 Å². The van der Waals surface area contributed by atoms with Crippen LogP contribution in [0.2, 0.25) is 0 Å². The molecule has 1 aromatic heterocycles. The Labute approximate surface area is 183 Å². The summed E-state index contributed by atoms with van der Waals surface area (Å²) in [5, 5.41) is 17.2. The predicted molar refractivity (Wildman–Crippen MR) is 111 cm³/mol. The predicted octanol–water partition coefficient (Wildman–Crippen LogP) is 0.0434. The molecule has 5 rings (SSSR count). The number of anilines is 1. The van der Waals surface area contributed by atoms with Crippen LogP contribution in [0.4, 0.5) is 5.69 Å². The van der Waals surface area contributed by atoms with Crippen LogP contribution in [0.3, 0.4) is 0 Å². The molecule has 0 aliphatic carbocycles. The van der Waals surface area contributed by atoms with Crippen LogP contribution < -0.4 is 16.0 Å². The van der Waals surface area contributed by atoms with Crippen molar-refractivity contribution in [3.63, 3.8) is 0 Å². The lowest BCUT2D eigenvalue weighted by atomic mass is 10.0. The van der Waals surface area contributed by atoms with Crippen molar-refractivity contribution in [1.82, 2.24) is 30.5 Å². The monoisotopic (exact) mass is 437 g/mol. The molecule has 2 fully saturated rings. The summed E-state index contributed by atoms with van der Waals surface area (Å²) in [7, 11) is 0. The van der Waals surface area contributed by atoms with Gasteiger partial charge in [0.05, 0.1) is 30.4 Å². The van der Waals surface area contributed by atoms with E-state index in [0.29, 0.717) is 18.3 Å². The van der Waals surface area contributed by atoms with Crippen molar-refractivity contribution in [1.29, 1.82) is 0 Å². The summed E-state index contributed by atoms with van der Waals surface area (Å²) in [6.07, 6.45) is 4.42. The zero-order valence-electron chi connectivity index (χ0n) is 17.3. The maximum Gasteiger partial charge on any atom is 0.262 e. The quantitative estimate of drug-likeness (QED) is 0.539. The van der Waals surface area contributed by atoms with Gasteiger partial charge in [-0.3, -0.25) is 34.1 Å². The van der Waals surface area contributed by atoms with Crippen molar-refractivity contribution in [2.24, 2.45) is 0 Å². The summed E-state index contributed by atoms with van der Waals surface area (Å²) in [4.78, 5) is 50.2. The fraction of sp³-hybridized carbons (Fsp3) is 0.429. The number of amides is 4. The number of hydrogen-bond acceptors (Lipinski definition) is 8. The van der Waals surface area contributed by atoms with Crippen LogP contribution in [0, 0.1) is 0 Å². The normalized spacial score (nSPS) is 22.9. The van der Waals surface area contributed by atoms with E-state index in [4.69, 9.17) is 0 Å². The van der Waals surface area contributed by atoms with E-state index in [2.05, 4.69) is 26.3 Å². The van der Waals surface area contributed by atoms with Crippen molar-refractivity contribution in [2.75, 3.05) is 11.9 Å². The summed E-state index contributed by atoms with van der Waals surface area (Å²) in [5.74, 6) is -2.07. The van der Waals surface area contributed by atoms with E-state index in [1.807, 2.05) is 10.9 Å². The number of imide groups is 2. The van der Waals surface area contributed by atoms with E-state index in [0.717, 1.165) is 30.1 Å². The molecule has 3 aliphatic rings. The first kappa shape index (κ1) is 20.3. The first-order chi connectivity index (χ1) is 15.5. The van der Waals surface area contributed by atoms with Crippen LogP contribution in [-0.4, -0.2) is 62.2 Å². The van der Waals surface area contributed by atoms with Gasteiger partial charge in [0, 0.05) is 18.2 Å². The number of piperidine rings is 1. The molecule has 0 radical (unpaired) electrons. The van der Waals surface area contributed by atoms with Crippen LogP contribution in [0.15, 0.2) is 24.4 Å². The first-order valence-corrected chi connectivity index (χ1v) is 10.7. The average Bonchev–Trinajstić information content (AvgIpc) is 3.50. The number of hydrogen-bond donors (Lipinski definition) is 3. The van der Waals surface area contributed by atoms with Gasteiger partial charge >= 0.3 is 0 Å². The average molecular weight is 437 g/mol. The molecule has 11 heteroatoms. The number of carbonyl (C=O) groups is 4. The topological polar surface area (TPSA) is 138 Å². The zero-order valence-corrected chi connectivity index (χ0v) is 17.3. The number of benzene rings is 1. The molecule has 4 heterocycles. The zero-order chi connectivity index (χ0) is 22.2. The number of rotatable bonds is 6. The van der Waals surface area contributed by atoms with Gasteiger partial charge < -0.3 is 10.6 Å². The molecule has 0 saturated carbocycles. The molecular weight excluding hydrogens is 414 g/mol. The fourth-order valence-electron chi connectivity index (χ4n) is 4.42. The smallest absolute Gasteiger partial charge is 0.262 e. The van der Waals surface area contributed by atoms with Crippen molar-refractivity contribution in [3.8, 4) is 0 Å². The highest BCUT2D eigenvalue weighted by atomic mass is 16.2. The lowest BCUT2D eigenvalue weighted by Gasteiger charge is -2.27. The van der Waals surface area contributed by atoms with E-state index >= 15 is 0 Å². The third-order valence-corrected chi connectivity index (χ3v) is 6.07. The van der Waals surface area contributed by atoms with Crippen molar-refractivity contribution in [3.05, 3.63) is 41.2 Å². The van der Waals surface area contributed by atoms with Crippen molar-refractivity contribution in [2.45, 2.75) is 50.9 Å². The molecule has 2 saturated heterocycles.